The zero-order valence-electron chi connectivity index (χ0n) is 32.1. The Bertz CT molecular complexity index is 2370. The average Bonchev–Trinajstić information content (AvgIpc) is 3.85. The van der Waals surface area contributed by atoms with Gasteiger partial charge in [-0.1, -0.05) is 72.3 Å². The molecule has 3 atom stereocenters. The van der Waals surface area contributed by atoms with Gasteiger partial charge in [0.1, 0.15) is 24.6 Å². The van der Waals surface area contributed by atoms with Crippen LogP contribution in [-0.2, 0) is 35.6 Å². The number of aliphatic hydroxyl groups is 1. The normalized spacial score (nSPS) is 17.1. The van der Waals surface area contributed by atoms with Gasteiger partial charge in [-0.05, 0) is 107 Å². The lowest BCUT2D eigenvalue weighted by atomic mass is 9.85. The van der Waals surface area contributed by atoms with E-state index in [0.717, 1.165) is 59.3 Å². The van der Waals surface area contributed by atoms with E-state index in [1.165, 1.54) is 18.7 Å². The predicted molar refractivity (Wildman–Crippen MR) is 224 cm³/mol. The van der Waals surface area contributed by atoms with Crippen LogP contribution in [0.2, 0.25) is 5.02 Å². The number of hydrogen-bond donors (Lipinski definition) is 3. The van der Waals surface area contributed by atoms with Gasteiger partial charge >= 0.3 is 5.97 Å². The largest absolute Gasteiger partial charge is 0.481 e. The lowest BCUT2D eigenvalue weighted by Crippen LogP contribution is -2.32. The van der Waals surface area contributed by atoms with Crippen LogP contribution < -0.4 is 14.8 Å². The molecular weight excluding hydrogens is 820 g/mol. The molecule has 2 aliphatic carbocycles. The lowest BCUT2D eigenvalue weighted by molar-refractivity contribution is -0.150. The molecule has 1 fully saturated rings. The molecule has 0 aliphatic heterocycles. The van der Waals surface area contributed by atoms with Crippen LogP contribution in [0.1, 0.15) is 78.5 Å². The summed E-state index contributed by atoms with van der Waals surface area (Å²) in [7, 11) is 0. The van der Waals surface area contributed by atoms with Crippen molar-refractivity contribution < 1.29 is 29.3 Å². The van der Waals surface area contributed by atoms with Crippen molar-refractivity contribution in [3.63, 3.8) is 0 Å². The molecule has 12 heteroatoms. The fourth-order valence-electron chi connectivity index (χ4n) is 7.70. The van der Waals surface area contributed by atoms with E-state index in [-0.39, 0.29) is 31.4 Å². The third-order valence-corrected chi connectivity index (χ3v) is 12.2. The molecule has 1 saturated carbocycles. The Morgan fingerprint density at radius 1 is 1.02 bits per heavy atom. The molecule has 5 aromatic rings. The number of pyridine rings is 2. The first-order chi connectivity index (χ1) is 28.0. The molecule has 0 amide bonds. The molecule has 0 radical (unpaired) electrons. The van der Waals surface area contributed by atoms with Crippen molar-refractivity contribution in [1.82, 2.24) is 15.3 Å². The van der Waals surface area contributed by atoms with Crippen molar-refractivity contribution in [2.24, 2.45) is 11.3 Å². The van der Waals surface area contributed by atoms with Crippen LogP contribution in [0.3, 0.4) is 0 Å². The first-order valence-corrected chi connectivity index (χ1v) is 20.6. The maximum absolute atomic E-state index is 12.0. The number of rotatable bonds is 16. The Morgan fingerprint density at radius 3 is 2.53 bits per heavy atom. The maximum atomic E-state index is 12.0. The summed E-state index contributed by atoms with van der Waals surface area (Å²) in [6.45, 7) is 2.66. The molecule has 3 N–H and O–H groups in total. The summed E-state index contributed by atoms with van der Waals surface area (Å²) in [4.78, 5) is 32.5. The molecule has 2 aromatic heterocycles. The maximum Gasteiger partial charge on any atom is 0.311 e. The highest BCUT2D eigenvalue weighted by molar-refractivity contribution is 9.10. The van der Waals surface area contributed by atoms with Gasteiger partial charge < -0.3 is 25.0 Å². The molecule has 2 aliphatic rings. The van der Waals surface area contributed by atoms with Gasteiger partial charge in [-0.3, -0.25) is 14.6 Å². The SMILES string of the molecule is C[C@@](CO)(CCc1cc(Br)c(O[C@H]2CCc3c(-c4cccc(-c5ccc(CNC[C@@H]6CCC(=O)C6)cc5)c4Cl)cccc32)nc1OCc1cncc(C#N)c1)C(=O)O. The number of nitrogens with zero attached hydrogens (tertiary/aromatic N) is 3. The summed E-state index contributed by atoms with van der Waals surface area (Å²) in [5.41, 5.74) is 7.69. The van der Waals surface area contributed by atoms with Gasteiger partial charge in [-0.15, -0.1) is 0 Å². The second-order valence-corrected chi connectivity index (χ2v) is 16.6. The first-order valence-electron chi connectivity index (χ1n) is 19.4. The van der Waals surface area contributed by atoms with Crippen LogP contribution in [0.4, 0.5) is 0 Å². The highest BCUT2D eigenvalue weighted by Crippen LogP contribution is 2.45. The van der Waals surface area contributed by atoms with Crippen LogP contribution in [-0.4, -0.2) is 45.1 Å². The number of halogens is 2. The topological polar surface area (TPSA) is 155 Å². The Morgan fingerprint density at radius 2 is 1.79 bits per heavy atom. The van der Waals surface area contributed by atoms with Gasteiger partial charge in [0.25, 0.3) is 0 Å². The molecule has 10 nitrogen and oxygen atoms in total. The number of benzene rings is 3. The van der Waals surface area contributed by atoms with Crippen molar-refractivity contribution >= 4 is 39.3 Å². The number of nitriles is 1. The van der Waals surface area contributed by atoms with Gasteiger partial charge in [-0.2, -0.15) is 10.2 Å². The fourth-order valence-corrected chi connectivity index (χ4v) is 8.50. The van der Waals surface area contributed by atoms with Gasteiger partial charge in [0.15, 0.2) is 0 Å². The summed E-state index contributed by atoms with van der Waals surface area (Å²) < 4.78 is 13.4. The number of carbonyl (C=O) groups excluding carboxylic acids is 1. The van der Waals surface area contributed by atoms with E-state index < -0.39 is 18.0 Å². The summed E-state index contributed by atoms with van der Waals surface area (Å²) in [6, 6.07) is 26.4. The number of carboxylic acids is 1. The van der Waals surface area contributed by atoms with Crippen molar-refractivity contribution in [2.45, 2.75) is 71.1 Å². The van der Waals surface area contributed by atoms with Crippen LogP contribution in [0, 0.1) is 22.7 Å². The third-order valence-electron chi connectivity index (χ3n) is 11.2. The van der Waals surface area contributed by atoms with E-state index >= 15 is 0 Å². The Labute approximate surface area is 351 Å². The molecule has 0 bridgehead atoms. The minimum Gasteiger partial charge on any atom is -0.481 e. The molecular formula is C46H44BrClN4O6. The monoisotopic (exact) mass is 862 g/mol. The smallest absolute Gasteiger partial charge is 0.311 e. The highest BCUT2D eigenvalue weighted by atomic mass is 79.9. The number of ether oxygens (including phenoxy) is 2. The number of ketones is 1. The molecule has 58 heavy (non-hydrogen) atoms. The summed E-state index contributed by atoms with van der Waals surface area (Å²) in [5, 5.41) is 33.2. The predicted octanol–water partition coefficient (Wildman–Crippen LogP) is 9.22. The zero-order chi connectivity index (χ0) is 40.8. The van der Waals surface area contributed by atoms with E-state index in [9.17, 15) is 25.1 Å². The Kier molecular flexibility index (Phi) is 12.9. The van der Waals surface area contributed by atoms with E-state index in [1.54, 1.807) is 12.3 Å². The quantitative estimate of drug-likeness (QED) is 0.0875. The zero-order valence-corrected chi connectivity index (χ0v) is 34.5. The number of hydrogen-bond acceptors (Lipinski definition) is 9. The summed E-state index contributed by atoms with van der Waals surface area (Å²) in [6.07, 6.45) is 7.02. The van der Waals surface area contributed by atoms with Crippen molar-refractivity contribution in [3.8, 4) is 40.1 Å². The number of aliphatic carboxylic acids is 1. The summed E-state index contributed by atoms with van der Waals surface area (Å²) >= 11 is 10.9. The van der Waals surface area contributed by atoms with Crippen molar-refractivity contribution in [3.05, 3.63) is 128 Å². The van der Waals surface area contributed by atoms with Gasteiger partial charge in [-0.25, -0.2) is 0 Å². The van der Waals surface area contributed by atoms with E-state index in [0.29, 0.717) is 63.0 Å². The lowest BCUT2D eigenvalue weighted by Gasteiger charge is -2.23. The van der Waals surface area contributed by atoms with Crippen LogP contribution in [0.5, 0.6) is 11.8 Å². The minimum absolute atomic E-state index is 0.0705. The number of aliphatic hydroxyl groups excluding tert-OH is 1. The minimum atomic E-state index is -1.35. The molecule has 3 aromatic carbocycles. The number of Topliss-reactive ketones (excluding diaryl/α,β-unsaturated/α-hetero) is 1. The number of carboxylic acid groups (broad SMARTS) is 1. The number of aromatic nitrogens is 2. The number of carbonyl (C=O) groups is 2. The second kappa shape index (κ2) is 18.2. The third kappa shape index (κ3) is 9.27. The molecule has 298 valence electrons. The van der Waals surface area contributed by atoms with E-state index in [4.69, 9.17) is 26.1 Å². The van der Waals surface area contributed by atoms with Crippen molar-refractivity contribution in [1.29, 1.82) is 5.26 Å². The van der Waals surface area contributed by atoms with E-state index in [2.05, 4.69) is 74.8 Å². The van der Waals surface area contributed by atoms with E-state index in [1.807, 2.05) is 24.3 Å². The fraction of sp³-hybridized carbons (Fsp3) is 0.326. The number of nitrogens with one attached hydrogen (secondary N) is 1. The number of aryl methyl sites for hydroxylation is 1. The molecule has 2 heterocycles. The Balaban J connectivity index is 1.10. The Hall–Kier alpha value is -5.12. The van der Waals surface area contributed by atoms with Crippen molar-refractivity contribution in [2.75, 3.05) is 13.2 Å². The number of fused-ring (bicyclic) bond motifs is 1. The summed E-state index contributed by atoms with van der Waals surface area (Å²) in [5.74, 6) is 0.290. The molecule has 0 unspecified atom stereocenters. The average molecular weight is 864 g/mol. The second-order valence-electron chi connectivity index (χ2n) is 15.4. The first kappa shape index (κ1) is 41.1. The van der Waals surface area contributed by atoms with Crippen LogP contribution in [0.25, 0.3) is 22.3 Å². The highest BCUT2D eigenvalue weighted by Gasteiger charge is 2.33. The van der Waals surface area contributed by atoms with Gasteiger partial charge in [0.05, 0.1) is 27.1 Å². The van der Waals surface area contributed by atoms with Crippen LogP contribution in [0.15, 0.2) is 89.7 Å². The standard InChI is InChI=1S/C46H44BrClN4O6/c1-46(27-53,45(55)56)17-16-33-20-40(47)44(52-43(33)57-26-31-18-30(21-49)24-51-25-31)58-41-15-14-37-36(5-3-6-38(37)41)39-7-2-4-35(42(39)48)32-11-8-28(9-12-32)22-50-23-29-10-13-34(54)19-29/h2-9,11-12,18,20,24-25,29,41,50,53H,10,13-17,19,22-23,26-27H2,1H3,(H,55,56)/t29-,41+,46+/m1/s1. The molecule has 7 rings (SSSR count). The van der Waals surface area contributed by atoms with Gasteiger partial charge in [0.2, 0.25) is 11.8 Å². The van der Waals surface area contributed by atoms with Crippen LogP contribution >= 0.6 is 27.5 Å². The molecule has 0 spiro atoms. The van der Waals surface area contributed by atoms with Gasteiger partial charge in [0, 0.05) is 54.0 Å². The molecule has 0 saturated heterocycles.